The Labute approximate surface area is 249 Å². The van der Waals surface area contributed by atoms with Crippen LogP contribution in [0.5, 0.6) is 0 Å². The quantitative estimate of drug-likeness (QED) is 0.393. The molecule has 0 saturated heterocycles. The molecule has 1 fully saturated rings. The molecule has 2 aromatic rings. The number of fused-ring (bicyclic) bond motifs is 1. The lowest BCUT2D eigenvalue weighted by atomic mass is 9.91. The summed E-state index contributed by atoms with van der Waals surface area (Å²) in [5.74, 6) is -1.24. The minimum Gasteiger partial charge on any atom is -0.463 e. The number of allylic oxidation sites excluding steroid dienone is 2. The molecule has 0 radical (unpaired) electrons. The first-order valence-electron chi connectivity index (χ1n) is 15.6. The molecule has 42 heavy (non-hydrogen) atoms. The molecule has 0 unspecified atom stereocenters. The Balaban J connectivity index is 1.31. The number of amides is 2. The Kier molecular flexibility index (Phi) is 10.1. The number of hydrogen-bond acceptors (Lipinski definition) is 5. The number of nitrogens with zero attached hydrogens (tertiary/aromatic N) is 1. The molecule has 1 saturated carbocycles. The second-order valence-corrected chi connectivity index (χ2v) is 12.3. The van der Waals surface area contributed by atoms with Gasteiger partial charge in [0.25, 0.3) is 0 Å². The van der Waals surface area contributed by atoms with Crippen molar-refractivity contribution in [1.82, 2.24) is 10.2 Å². The monoisotopic (exact) mass is 572 g/mol. The average Bonchev–Trinajstić information content (AvgIpc) is 3.47. The minimum atomic E-state index is -0.600. The maximum atomic E-state index is 13.8. The van der Waals surface area contributed by atoms with E-state index in [1.54, 1.807) is 4.90 Å². The number of aliphatic hydroxyl groups excluding tert-OH is 1. The predicted octanol–water partition coefficient (Wildman–Crippen LogP) is 4.90. The van der Waals surface area contributed by atoms with E-state index in [1.165, 1.54) is 0 Å². The highest BCUT2D eigenvalue weighted by Crippen LogP contribution is 2.32. The summed E-state index contributed by atoms with van der Waals surface area (Å²) >= 11 is 0. The van der Waals surface area contributed by atoms with Gasteiger partial charge in [-0.25, -0.2) is 0 Å². The number of benzene rings is 2. The fourth-order valence-corrected chi connectivity index (χ4v) is 6.76. The van der Waals surface area contributed by atoms with Gasteiger partial charge in [0.05, 0.1) is 30.0 Å². The molecule has 3 atom stereocenters. The van der Waals surface area contributed by atoms with Crippen LogP contribution >= 0.6 is 0 Å². The summed E-state index contributed by atoms with van der Waals surface area (Å²) in [7, 11) is 0. The zero-order chi connectivity index (χ0) is 29.4. The van der Waals surface area contributed by atoms with Gasteiger partial charge in [-0.05, 0) is 68.1 Å². The Morgan fingerprint density at radius 2 is 1.69 bits per heavy atom. The molecule has 1 spiro atoms. The van der Waals surface area contributed by atoms with Gasteiger partial charge in [-0.15, -0.1) is 0 Å². The molecule has 2 amide bonds. The van der Waals surface area contributed by atoms with Crippen LogP contribution in [-0.4, -0.2) is 52.6 Å². The first kappa shape index (κ1) is 30.0. The zero-order valence-electron chi connectivity index (χ0n) is 24.5. The number of nitrogens with one attached hydrogen (secondary N) is 1. The lowest BCUT2D eigenvalue weighted by molar-refractivity contribution is -0.152. The molecule has 0 bridgehead atoms. The lowest BCUT2D eigenvalue weighted by Gasteiger charge is -2.37. The first-order chi connectivity index (χ1) is 20.5. The Morgan fingerprint density at radius 3 is 2.45 bits per heavy atom. The normalized spacial score (nSPS) is 24.9. The van der Waals surface area contributed by atoms with Gasteiger partial charge in [0.15, 0.2) is 0 Å². The number of carbonyl (C=O) groups excluding carboxylic acids is 3. The van der Waals surface area contributed by atoms with Gasteiger partial charge >= 0.3 is 5.97 Å². The molecular weight excluding hydrogens is 528 g/mol. The van der Waals surface area contributed by atoms with Gasteiger partial charge in [-0.1, -0.05) is 79.6 Å². The third-order valence-electron chi connectivity index (χ3n) is 9.29. The molecule has 3 aliphatic rings. The number of hydrogen-bond donors (Lipinski definition) is 2. The van der Waals surface area contributed by atoms with Crippen molar-refractivity contribution in [3.8, 4) is 0 Å². The molecule has 2 aliphatic heterocycles. The van der Waals surface area contributed by atoms with Crippen LogP contribution in [0.4, 0.5) is 0 Å². The van der Waals surface area contributed by atoms with E-state index in [9.17, 15) is 19.5 Å². The van der Waals surface area contributed by atoms with Crippen LogP contribution in [0.2, 0.25) is 0 Å². The third kappa shape index (κ3) is 7.49. The van der Waals surface area contributed by atoms with Crippen molar-refractivity contribution in [3.63, 3.8) is 0 Å². The standard InChI is InChI=1S/C35H44N2O5/c38-24-31-21-27-14-8-9-17-30(27)23-37(31)32(39)22-28-15-6-1-2-7-16-29(20-26-12-4-3-5-13-26)34(41)42-25-35(36-33(28)40)18-10-11-19-35/h1,3-6,8-9,12-14,17,28-29,31,38H,2,7,10-11,15-16,18-25H2,(H,36,40)/t28-,29-,31+/m1/s1. The SMILES string of the molecule is O=C1NC2(CCCC2)COC(=O)[C@@H](Cc2ccccc2)CCCC=CC[C@@H]1CC(=O)N1Cc2ccccc2C[C@H]1CO. The lowest BCUT2D eigenvalue weighted by Crippen LogP contribution is -2.53. The van der Waals surface area contributed by atoms with Gasteiger partial charge in [0, 0.05) is 13.0 Å². The summed E-state index contributed by atoms with van der Waals surface area (Å²) in [6.45, 7) is 0.486. The minimum absolute atomic E-state index is 0.0733. The highest BCUT2D eigenvalue weighted by atomic mass is 16.5. The molecular formula is C35H44N2O5. The van der Waals surface area contributed by atoms with Crippen molar-refractivity contribution in [3.05, 3.63) is 83.4 Å². The van der Waals surface area contributed by atoms with E-state index in [0.717, 1.165) is 61.6 Å². The Bertz CT molecular complexity index is 1250. The number of carbonyl (C=O) groups is 3. The first-order valence-corrected chi connectivity index (χ1v) is 15.6. The van der Waals surface area contributed by atoms with Crippen LogP contribution in [0.15, 0.2) is 66.7 Å². The summed E-state index contributed by atoms with van der Waals surface area (Å²) in [4.78, 5) is 42.5. The molecule has 5 rings (SSSR count). The molecule has 224 valence electrons. The summed E-state index contributed by atoms with van der Waals surface area (Å²) in [5, 5.41) is 13.3. The summed E-state index contributed by atoms with van der Waals surface area (Å²) in [6, 6.07) is 17.8. The smallest absolute Gasteiger partial charge is 0.309 e. The van der Waals surface area contributed by atoms with E-state index < -0.39 is 11.5 Å². The topological polar surface area (TPSA) is 95.9 Å². The van der Waals surface area contributed by atoms with Crippen molar-refractivity contribution in [2.75, 3.05) is 13.2 Å². The average molecular weight is 573 g/mol. The Hall–Kier alpha value is -3.45. The van der Waals surface area contributed by atoms with Crippen LogP contribution in [0.3, 0.4) is 0 Å². The van der Waals surface area contributed by atoms with Gasteiger partial charge < -0.3 is 20.1 Å². The number of cyclic esters (lactones) is 1. The molecule has 7 heteroatoms. The van der Waals surface area contributed by atoms with Gasteiger partial charge in [0.2, 0.25) is 11.8 Å². The van der Waals surface area contributed by atoms with Gasteiger partial charge in [0.1, 0.15) is 6.61 Å². The number of aliphatic hydroxyl groups is 1. The highest BCUT2D eigenvalue weighted by Gasteiger charge is 2.40. The fraction of sp³-hybridized carbons (Fsp3) is 0.514. The largest absolute Gasteiger partial charge is 0.463 e. The van der Waals surface area contributed by atoms with Crippen LogP contribution in [-0.2, 0) is 38.5 Å². The number of rotatable bonds is 5. The van der Waals surface area contributed by atoms with E-state index in [-0.39, 0.29) is 49.4 Å². The zero-order valence-corrected chi connectivity index (χ0v) is 24.5. The van der Waals surface area contributed by atoms with Crippen molar-refractivity contribution in [2.24, 2.45) is 11.8 Å². The Morgan fingerprint density at radius 1 is 0.952 bits per heavy atom. The van der Waals surface area contributed by atoms with Crippen molar-refractivity contribution in [2.45, 2.75) is 88.8 Å². The molecule has 2 N–H and O–H groups in total. The molecule has 7 nitrogen and oxygen atoms in total. The highest BCUT2D eigenvalue weighted by molar-refractivity contribution is 5.86. The van der Waals surface area contributed by atoms with E-state index in [2.05, 4.69) is 11.4 Å². The number of esters is 1. The second kappa shape index (κ2) is 14.1. The van der Waals surface area contributed by atoms with Crippen molar-refractivity contribution < 1.29 is 24.2 Å². The van der Waals surface area contributed by atoms with Crippen LogP contribution in [0.25, 0.3) is 0 Å². The fourth-order valence-electron chi connectivity index (χ4n) is 6.76. The third-order valence-corrected chi connectivity index (χ3v) is 9.29. The van der Waals surface area contributed by atoms with Crippen molar-refractivity contribution in [1.29, 1.82) is 0 Å². The summed E-state index contributed by atoms with van der Waals surface area (Å²) < 4.78 is 5.96. The van der Waals surface area contributed by atoms with Gasteiger partial charge in [-0.3, -0.25) is 14.4 Å². The molecule has 0 aromatic heterocycles. The van der Waals surface area contributed by atoms with E-state index >= 15 is 0 Å². The van der Waals surface area contributed by atoms with E-state index in [1.807, 2.05) is 60.7 Å². The maximum Gasteiger partial charge on any atom is 0.309 e. The molecule has 1 aliphatic carbocycles. The van der Waals surface area contributed by atoms with Gasteiger partial charge in [-0.2, -0.15) is 0 Å². The maximum absolute atomic E-state index is 13.8. The summed E-state index contributed by atoms with van der Waals surface area (Å²) in [5.41, 5.74) is 2.76. The van der Waals surface area contributed by atoms with E-state index in [0.29, 0.717) is 25.8 Å². The predicted molar refractivity (Wildman–Crippen MR) is 161 cm³/mol. The molecule has 2 aromatic carbocycles. The van der Waals surface area contributed by atoms with E-state index in [4.69, 9.17) is 4.74 Å². The van der Waals surface area contributed by atoms with Crippen LogP contribution in [0, 0.1) is 11.8 Å². The van der Waals surface area contributed by atoms with Crippen LogP contribution < -0.4 is 5.32 Å². The molecule has 2 heterocycles. The number of ether oxygens (including phenoxy) is 1. The van der Waals surface area contributed by atoms with Crippen molar-refractivity contribution >= 4 is 17.8 Å². The summed E-state index contributed by atoms with van der Waals surface area (Å²) in [6.07, 6.45) is 11.7. The second-order valence-electron chi connectivity index (χ2n) is 12.3. The van der Waals surface area contributed by atoms with Crippen LogP contribution in [0.1, 0.15) is 74.5 Å².